The molecule has 0 bridgehead atoms. The highest BCUT2D eigenvalue weighted by Crippen LogP contribution is 2.13. The van der Waals surface area contributed by atoms with Crippen LogP contribution in [-0.4, -0.2) is 21.0 Å². The van der Waals surface area contributed by atoms with Gasteiger partial charge in [0.25, 0.3) is 5.69 Å². The Bertz CT molecular complexity index is 566. The number of aromatic carboxylic acids is 1. The van der Waals surface area contributed by atoms with Crippen LogP contribution in [-0.2, 0) is 6.54 Å². The Morgan fingerprint density at radius 2 is 1.95 bits per heavy atom. The number of anilines is 1. The summed E-state index contributed by atoms with van der Waals surface area (Å²) in [6.07, 6.45) is 1.43. The van der Waals surface area contributed by atoms with Gasteiger partial charge in [-0.3, -0.25) is 10.1 Å². The smallest absolute Gasteiger partial charge is 0.354 e. The fourth-order valence-corrected chi connectivity index (χ4v) is 1.56. The fourth-order valence-electron chi connectivity index (χ4n) is 1.56. The van der Waals surface area contributed by atoms with E-state index in [1.54, 1.807) is 18.2 Å². The molecule has 20 heavy (non-hydrogen) atoms. The zero-order valence-corrected chi connectivity index (χ0v) is 10.3. The Balaban J connectivity index is 1.97. The van der Waals surface area contributed by atoms with Crippen LogP contribution < -0.4 is 5.32 Å². The van der Waals surface area contributed by atoms with Crippen molar-refractivity contribution < 1.29 is 14.8 Å². The molecule has 1 aromatic carbocycles. The SMILES string of the molecule is O=C(O)c1ccc(NCc2ccc([N+](=O)[O-])cc2)cn1. The first-order valence-corrected chi connectivity index (χ1v) is 5.73. The number of nitro benzene ring substituents is 1. The summed E-state index contributed by atoms with van der Waals surface area (Å²) in [4.78, 5) is 24.5. The second kappa shape index (κ2) is 5.79. The Morgan fingerprint density at radius 3 is 2.45 bits per heavy atom. The summed E-state index contributed by atoms with van der Waals surface area (Å²) in [5, 5.41) is 22.3. The van der Waals surface area contributed by atoms with Crippen LogP contribution in [0.5, 0.6) is 0 Å². The summed E-state index contributed by atoms with van der Waals surface area (Å²) in [7, 11) is 0. The number of nitrogens with zero attached hydrogens (tertiary/aromatic N) is 2. The van der Waals surface area contributed by atoms with E-state index >= 15 is 0 Å². The van der Waals surface area contributed by atoms with Gasteiger partial charge in [0.2, 0.25) is 0 Å². The summed E-state index contributed by atoms with van der Waals surface area (Å²) < 4.78 is 0. The third kappa shape index (κ3) is 3.29. The molecule has 2 aromatic rings. The molecule has 0 amide bonds. The monoisotopic (exact) mass is 273 g/mol. The van der Waals surface area contributed by atoms with Gasteiger partial charge in [-0.25, -0.2) is 9.78 Å². The number of rotatable bonds is 5. The van der Waals surface area contributed by atoms with E-state index in [1.165, 1.54) is 24.4 Å². The molecule has 0 aliphatic rings. The van der Waals surface area contributed by atoms with Crippen LogP contribution >= 0.6 is 0 Å². The van der Waals surface area contributed by atoms with Crippen LogP contribution in [0.1, 0.15) is 16.1 Å². The topological polar surface area (TPSA) is 105 Å². The molecule has 0 aliphatic carbocycles. The number of carbonyl (C=O) groups is 1. The predicted molar refractivity (Wildman–Crippen MR) is 71.6 cm³/mol. The Hall–Kier alpha value is -2.96. The maximum Gasteiger partial charge on any atom is 0.354 e. The van der Waals surface area contributed by atoms with E-state index in [4.69, 9.17) is 5.11 Å². The predicted octanol–water partition coefficient (Wildman–Crippen LogP) is 2.30. The zero-order chi connectivity index (χ0) is 14.5. The highest BCUT2D eigenvalue weighted by Gasteiger charge is 2.05. The maximum absolute atomic E-state index is 10.6. The quantitative estimate of drug-likeness (QED) is 0.639. The van der Waals surface area contributed by atoms with Crippen molar-refractivity contribution in [2.45, 2.75) is 6.54 Å². The zero-order valence-electron chi connectivity index (χ0n) is 10.3. The minimum Gasteiger partial charge on any atom is -0.477 e. The van der Waals surface area contributed by atoms with E-state index in [9.17, 15) is 14.9 Å². The average molecular weight is 273 g/mol. The molecule has 1 heterocycles. The van der Waals surface area contributed by atoms with Crippen molar-refractivity contribution in [2.24, 2.45) is 0 Å². The maximum atomic E-state index is 10.6. The lowest BCUT2D eigenvalue weighted by atomic mass is 10.2. The number of aromatic nitrogens is 1. The number of nitrogens with one attached hydrogen (secondary N) is 1. The van der Waals surface area contributed by atoms with E-state index in [1.807, 2.05) is 0 Å². The van der Waals surface area contributed by atoms with Gasteiger partial charge in [-0.1, -0.05) is 12.1 Å². The molecule has 0 spiro atoms. The summed E-state index contributed by atoms with van der Waals surface area (Å²) in [6.45, 7) is 0.464. The number of pyridine rings is 1. The molecule has 7 heteroatoms. The number of hydrogen-bond donors (Lipinski definition) is 2. The molecule has 0 aliphatic heterocycles. The molecule has 2 N–H and O–H groups in total. The molecule has 0 saturated carbocycles. The molecule has 102 valence electrons. The number of benzene rings is 1. The van der Waals surface area contributed by atoms with Crippen LogP contribution in [0.4, 0.5) is 11.4 Å². The van der Waals surface area contributed by atoms with Gasteiger partial charge in [-0.15, -0.1) is 0 Å². The van der Waals surface area contributed by atoms with Gasteiger partial charge in [-0.2, -0.15) is 0 Å². The minimum atomic E-state index is -1.08. The summed E-state index contributed by atoms with van der Waals surface area (Å²) in [6, 6.07) is 9.20. The van der Waals surface area contributed by atoms with Crippen LogP contribution in [0.3, 0.4) is 0 Å². The van der Waals surface area contributed by atoms with E-state index < -0.39 is 10.9 Å². The average Bonchev–Trinajstić information content (AvgIpc) is 2.46. The first-order valence-electron chi connectivity index (χ1n) is 5.73. The van der Waals surface area contributed by atoms with Crippen molar-refractivity contribution in [2.75, 3.05) is 5.32 Å². The van der Waals surface area contributed by atoms with E-state index in [0.29, 0.717) is 12.2 Å². The summed E-state index contributed by atoms with van der Waals surface area (Å²) in [5.41, 5.74) is 1.57. The first-order chi connectivity index (χ1) is 9.56. The largest absolute Gasteiger partial charge is 0.477 e. The van der Waals surface area contributed by atoms with Crippen molar-refractivity contribution in [1.82, 2.24) is 4.98 Å². The van der Waals surface area contributed by atoms with Gasteiger partial charge < -0.3 is 10.4 Å². The van der Waals surface area contributed by atoms with Crippen molar-refractivity contribution in [1.29, 1.82) is 0 Å². The lowest BCUT2D eigenvalue weighted by Crippen LogP contribution is -2.03. The molecule has 0 saturated heterocycles. The van der Waals surface area contributed by atoms with Crippen molar-refractivity contribution in [3.8, 4) is 0 Å². The Labute approximate surface area is 114 Å². The standard InChI is InChI=1S/C13H11N3O4/c17-13(18)12-6-3-10(8-15-12)14-7-9-1-4-11(5-2-9)16(19)20/h1-6,8,14H,7H2,(H,17,18). The van der Waals surface area contributed by atoms with Gasteiger partial charge in [0.1, 0.15) is 5.69 Å². The number of carboxylic acid groups (broad SMARTS) is 1. The number of nitro groups is 1. The van der Waals surface area contributed by atoms with Crippen LogP contribution in [0, 0.1) is 10.1 Å². The molecule has 0 radical (unpaired) electrons. The lowest BCUT2D eigenvalue weighted by Gasteiger charge is -2.06. The van der Waals surface area contributed by atoms with Crippen molar-refractivity contribution in [3.05, 3.63) is 64.0 Å². The summed E-state index contributed by atoms with van der Waals surface area (Å²) >= 11 is 0. The van der Waals surface area contributed by atoms with Crippen LogP contribution in [0.15, 0.2) is 42.6 Å². The summed E-state index contributed by atoms with van der Waals surface area (Å²) in [5.74, 6) is -1.08. The van der Waals surface area contributed by atoms with Crippen LogP contribution in [0.2, 0.25) is 0 Å². The fraction of sp³-hybridized carbons (Fsp3) is 0.0769. The molecule has 2 rings (SSSR count). The van der Waals surface area contributed by atoms with E-state index in [2.05, 4.69) is 10.3 Å². The number of hydrogen-bond acceptors (Lipinski definition) is 5. The molecule has 0 fully saturated rings. The third-order valence-electron chi connectivity index (χ3n) is 2.63. The highest BCUT2D eigenvalue weighted by molar-refractivity contribution is 5.85. The van der Waals surface area contributed by atoms with Gasteiger partial charge in [0.15, 0.2) is 0 Å². The number of carboxylic acids is 1. The molecular formula is C13H11N3O4. The Kier molecular flexibility index (Phi) is 3.90. The van der Waals surface area contributed by atoms with Gasteiger partial charge in [0.05, 0.1) is 16.8 Å². The lowest BCUT2D eigenvalue weighted by molar-refractivity contribution is -0.384. The second-order valence-corrected chi connectivity index (χ2v) is 4.01. The van der Waals surface area contributed by atoms with Gasteiger partial charge >= 0.3 is 5.97 Å². The van der Waals surface area contributed by atoms with E-state index in [-0.39, 0.29) is 11.4 Å². The second-order valence-electron chi connectivity index (χ2n) is 4.01. The van der Waals surface area contributed by atoms with Crippen molar-refractivity contribution in [3.63, 3.8) is 0 Å². The van der Waals surface area contributed by atoms with Crippen LogP contribution in [0.25, 0.3) is 0 Å². The molecule has 1 aromatic heterocycles. The van der Waals surface area contributed by atoms with E-state index in [0.717, 1.165) is 5.56 Å². The molecule has 0 atom stereocenters. The Morgan fingerprint density at radius 1 is 1.25 bits per heavy atom. The molecule has 7 nitrogen and oxygen atoms in total. The number of non-ortho nitro benzene ring substituents is 1. The molecular weight excluding hydrogens is 262 g/mol. The van der Waals surface area contributed by atoms with Crippen molar-refractivity contribution >= 4 is 17.3 Å². The highest BCUT2D eigenvalue weighted by atomic mass is 16.6. The normalized spacial score (nSPS) is 10.0. The molecule has 0 unspecified atom stereocenters. The van der Waals surface area contributed by atoms with Gasteiger partial charge in [0, 0.05) is 18.7 Å². The first kappa shape index (κ1) is 13.5. The minimum absolute atomic E-state index is 0.0223. The third-order valence-corrected chi connectivity index (χ3v) is 2.63. The van der Waals surface area contributed by atoms with Gasteiger partial charge in [-0.05, 0) is 17.7 Å².